The van der Waals surface area contributed by atoms with Gasteiger partial charge in [-0.15, -0.1) is 0 Å². The number of ether oxygens (including phenoxy) is 1. The lowest BCUT2D eigenvalue weighted by Crippen LogP contribution is -2.50. The van der Waals surface area contributed by atoms with E-state index in [4.69, 9.17) is 10.5 Å². The zero-order valence-electron chi connectivity index (χ0n) is 13.4. The Balaban J connectivity index is 1.98. The molecule has 23 heavy (non-hydrogen) atoms. The third-order valence-electron chi connectivity index (χ3n) is 3.20. The molecule has 0 aromatic carbocycles. The van der Waals surface area contributed by atoms with Crippen molar-refractivity contribution in [3.05, 3.63) is 16.3 Å². The first-order valence-electron chi connectivity index (χ1n) is 7.17. The van der Waals surface area contributed by atoms with Crippen molar-refractivity contribution in [1.82, 2.24) is 14.9 Å². The largest absolute Gasteiger partial charge is 0.444 e. The van der Waals surface area contributed by atoms with E-state index in [0.717, 1.165) is 6.20 Å². The number of nitrogens with zero attached hydrogens (tertiary/aromatic N) is 5. The number of anilines is 2. The molecular formula is C13H20N6O4. The number of hydrogen-bond acceptors (Lipinski definition) is 8. The molecule has 1 fully saturated rings. The molecule has 1 saturated heterocycles. The normalized spacial score (nSPS) is 15.4. The van der Waals surface area contributed by atoms with Crippen LogP contribution in [-0.4, -0.2) is 57.7 Å². The molecule has 1 aliphatic rings. The summed E-state index contributed by atoms with van der Waals surface area (Å²) in [5.74, 6) is 0.145. The smallest absolute Gasteiger partial charge is 0.410 e. The first-order chi connectivity index (χ1) is 10.7. The Morgan fingerprint density at radius 1 is 1.35 bits per heavy atom. The monoisotopic (exact) mass is 324 g/mol. The molecule has 0 radical (unpaired) electrons. The number of piperazine rings is 1. The molecule has 2 rings (SSSR count). The summed E-state index contributed by atoms with van der Waals surface area (Å²) in [5.41, 5.74) is 4.71. The van der Waals surface area contributed by atoms with Crippen molar-refractivity contribution >= 4 is 23.5 Å². The Hall–Kier alpha value is -2.65. The molecule has 0 unspecified atom stereocenters. The Morgan fingerprint density at radius 2 is 1.96 bits per heavy atom. The SMILES string of the molecule is CC(C)(C)OC(=O)N1CCN(c2ncc([N+](=O)[O-])c(N)n2)CC1. The summed E-state index contributed by atoms with van der Waals surface area (Å²) in [4.78, 5) is 33.4. The first-order valence-corrected chi connectivity index (χ1v) is 7.17. The number of aromatic nitrogens is 2. The van der Waals surface area contributed by atoms with Gasteiger partial charge >= 0.3 is 11.8 Å². The summed E-state index contributed by atoms with van der Waals surface area (Å²) < 4.78 is 5.32. The summed E-state index contributed by atoms with van der Waals surface area (Å²) in [7, 11) is 0. The van der Waals surface area contributed by atoms with Gasteiger partial charge in [-0.3, -0.25) is 10.1 Å². The van der Waals surface area contributed by atoms with Gasteiger partial charge in [0, 0.05) is 26.2 Å². The molecule has 0 saturated carbocycles. The molecule has 2 heterocycles. The quantitative estimate of drug-likeness (QED) is 0.631. The lowest BCUT2D eigenvalue weighted by atomic mass is 10.2. The molecule has 0 aliphatic carbocycles. The highest BCUT2D eigenvalue weighted by molar-refractivity contribution is 5.68. The molecule has 0 bridgehead atoms. The van der Waals surface area contributed by atoms with Gasteiger partial charge in [0.2, 0.25) is 11.8 Å². The molecule has 126 valence electrons. The number of nitrogens with two attached hydrogens (primary N) is 1. The van der Waals surface area contributed by atoms with Crippen LogP contribution in [0.15, 0.2) is 6.20 Å². The molecule has 1 aromatic heterocycles. The zero-order chi connectivity index (χ0) is 17.2. The molecule has 1 aromatic rings. The third kappa shape index (κ3) is 4.18. The van der Waals surface area contributed by atoms with Gasteiger partial charge in [-0.2, -0.15) is 4.98 Å². The van der Waals surface area contributed by atoms with E-state index in [1.807, 2.05) is 25.7 Å². The van der Waals surface area contributed by atoms with Crippen molar-refractivity contribution in [2.45, 2.75) is 26.4 Å². The van der Waals surface area contributed by atoms with E-state index in [9.17, 15) is 14.9 Å². The summed E-state index contributed by atoms with van der Waals surface area (Å²) >= 11 is 0. The lowest BCUT2D eigenvalue weighted by Gasteiger charge is -2.35. The first kappa shape index (κ1) is 16.7. The van der Waals surface area contributed by atoms with Crippen LogP contribution in [-0.2, 0) is 4.74 Å². The molecule has 2 N–H and O–H groups in total. The standard InChI is InChI=1S/C13H20N6O4/c1-13(2,3)23-12(20)18-6-4-17(5-7-18)11-15-8-9(19(21)22)10(14)16-11/h8H,4-7H2,1-3H3,(H2,14,15,16). The van der Waals surface area contributed by atoms with Crippen molar-refractivity contribution in [3.8, 4) is 0 Å². The predicted octanol–water partition coefficient (Wildman–Crippen LogP) is 1.02. The zero-order valence-corrected chi connectivity index (χ0v) is 13.4. The van der Waals surface area contributed by atoms with Crippen molar-refractivity contribution < 1.29 is 14.5 Å². The van der Waals surface area contributed by atoms with Gasteiger partial charge < -0.3 is 20.3 Å². The van der Waals surface area contributed by atoms with Crippen LogP contribution in [0, 0.1) is 10.1 Å². The van der Waals surface area contributed by atoms with Crippen molar-refractivity contribution in [2.24, 2.45) is 0 Å². The Bertz CT molecular complexity index is 607. The maximum Gasteiger partial charge on any atom is 0.410 e. The molecule has 10 heteroatoms. The van der Waals surface area contributed by atoms with Gasteiger partial charge in [-0.25, -0.2) is 9.78 Å². The van der Waals surface area contributed by atoms with Crippen LogP contribution in [0.2, 0.25) is 0 Å². The van der Waals surface area contributed by atoms with Gasteiger partial charge in [0.25, 0.3) is 0 Å². The highest BCUT2D eigenvalue weighted by Gasteiger charge is 2.27. The number of nitrogen functional groups attached to an aromatic ring is 1. The molecule has 1 amide bonds. The van der Waals surface area contributed by atoms with Gasteiger partial charge in [0.05, 0.1) is 4.92 Å². The number of rotatable bonds is 2. The van der Waals surface area contributed by atoms with E-state index < -0.39 is 10.5 Å². The summed E-state index contributed by atoms with van der Waals surface area (Å²) in [6.07, 6.45) is 0.735. The number of hydrogen-bond donors (Lipinski definition) is 1. The maximum atomic E-state index is 12.0. The Labute approximate surface area is 133 Å². The molecule has 0 atom stereocenters. The highest BCUT2D eigenvalue weighted by Crippen LogP contribution is 2.21. The second kappa shape index (κ2) is 6.23. The van der Waals surface area contributed by atoms with Crippen LogP contribution in [0.3, 0.4) is 0 Å². The number of nitro groups is 1. The van der Waals surface area contributed by atoms with Crippen LogP contribution in [0.4, 0.5) is 22.2 Å². The number of amides is 1. The average Bonchev–Trinajstić information content (AvgIpc) is 2.45. The lowest BCUT2D eigenvalue weighted by molar-refractivity contribution is -0.384. The third-order valence-corrected chi connectivity index (χ3v) is 3.20. The van der Waals surface area contributed by atoms with Gasteiger partial charge in [0.15, 0.2) is 0 Å². The molecule has 1 aliphatic heterocycles. The second-order valence-electron chi connectivity index (χ2n) is 6.15. The molecule has 10 nitrogen and oxygen atoms in total. The van der Waals surface area contributed by atoms with Gasteiger partial charge in [0.1, 0.15) is 11.8 Å². The predicted molar refractivity (Wildman–Crippen MR) is 83.1 cm³/mol. The van der Waals surface area contributed by atoms with E-state index in [-0.39, 0.29) is 17.6 Å². The van der Waals surface area contributed by atoms with E-state index in [0.29, 0.717) is 32.1 Å². The Morgan fingerprint density at radius 3 is 2.43 bits per heavy atom. The van der Waals surface area contributed by atoms with E-state index in [1.54, 1.807) is 4.90 Å². The number of carbonyl (C=O) groups excluding carboxylic acids is 1. The van der Waals surface area contributed by atoms with Crippen LogP contribution in [0.1, 0.15) is 20.8 Å². The van der Waals surface area contributed by atoms with Crippen LogP contribution < -0.4 is 10.6 Å². The van der Waals surface area contributed by atoms with Gasteiger partial charge in [-0.05, 0) is 20.8 Å². The summed E-state index contributed by atoms with van der Waals surface area (Å²) in [6.45, 7) is 7.34. The summed E-state index contributed by atoms with van der Waals surface area (Å²) in [6, 6.07) is 0. The minimum Gasteiger partial charge on any atom is -0.444 e. The molecular weight excluding hydrogens is 304 g/mol. The fraction of sp³-hybridized carbons (Fsp3) is 0.615. The Kier molecular flexibility index (Phi) is 4.52. The highest BCUT2D eigenvalue weighted by atomic mass is 16.6. The summed E-state index contributed by atoms with van der Waals surface area (Å²) in [5, 5.41) is 10.7. The second-order valence-corrected chi connectivity index (χ2v) is 6.15. The fourth-order valence-electron chi connectivity index (χ4n) is 2.09. The van der Waals surface area contributed by atoms with Crippen molar-refractivity contribution in [1.29, 1.82) is 0 Å². The van der Waals surface area contributed by atoms with Crippen molar-refractivity contribution in [3.63, 3.8) is 0 Å². The minimum atomic E-state index is -0.625. The topological polar surface area (TPSA) is 128 Å². The van der Waals surface area contributed by atoms with Crippen LogP contribution in [0.25, 0.3) is 0 Å². The van der Waals surface area contributed by atoms with Gasteiger partial charge in [-0.1, -0.05) is 0 Å². The van der Waals surface area contributed by atoms with Crippen LogP contribution >= 0.6 is 0 Å². The number of carbonyl (C=O) groups is 1. The van der Waals surface area contributed by atoms with E-state index in [2.05, 4.69) is 9.97 Å². The van der Waals surface area contributed by atoms with Crippen molar-refractivity contribution in [2.75, 3.05) is 36.8 Å². The van der Waals surface area contributed by atoms with E-state index in [1.165, 1.54) is 0 Å². The maximum absolute atomic E-state index is 12.0. The molecule has 0 spiro atoms. The minimum absolute atomic E-state index is 0.172. The van der Waals surface area contributed by atoms with Crippen LogP contribution in [0.5, 0.6) is 0 Å². The fourth-order valence-corrected chi connectivity index (χ4v) is 2.09. The average molecular weight is 324 g/mol. The van der Waals surface area contributed by atoms with E-state index >= 15 is 0 Å².